The van der Waals surface area contributed by atoms with Crippen molar-refractivity contribution >= 4 is 0 Å². The molecule has 2 aromatic rings. The highest BCUT2D eigenvalue weighted by Crippen LogP contribution is 2.09. The van der Waals surface area contributed by atoms with Crippen LogP contribution in [-0.4, -0.2) is 9.67 Å². The predicted octanol–water partition coefficient (Wildman–Crippen LogP) is 2.94. The Bertz CT molecular complexity index is 544. The van der Waals surface area contributed by atoms with Gasteiger partial charge in [-0.2, -0.15) is 0 Å². The van der Waals surface area contributed by atoms with Crippen LogP contribution in [0, 0.1) is 6.92 Å². The van der Waals surface area contributed by atoms with Crippen LogP contribution in [0.1, 0.15) is 25.1 Å². The van der Waals surface area contributed by atoms with Crippen molar-refractivity contribution < 1.29 is 5.11 Å². The summed E-state index contributed by atoms with van der Waals surface area (Å²) in [6.07, 6.45) is 0. The second-order valence-electron chi connectivity index (χ2n) is 3.76. The van der Waals surface area contributed by atoms with Crippen LogP contribution in [0.15, 0.2) is 47.3 Å². The smallest absolute Gasteiger partial charge is 0.254 e. The summed E-state index contributed by atoms with van der Waals surface area (Å²) in [4.78, 5) is 11.7. The number of aromatic nitrogens is 1. The molecule has 0 saturated heterocycles. The molecule has 0 spiro atoms. The molecule has 0 aliphatic rings. The Morgan fingerprint density at radius 3 is 2.28 bits per heavy atom. The van der Waals surface area contributed by atoms with Crippen LogP contribution >= 0.6 is 0 Å². The molecule has 1 aromatic heterocycles. The number of rotatable bonds is 2. The Balaban J connectivity index is 0.000000771. The third kappa shape index (κ3) is 3.48. The van der Waals surface area contributed by atoms with E-state index in [0.29, 0.717) is 6.54 Å². The fourth-order valence-corrected chi connectivity index (χ4v) is 1.68. The maximum Gasteiger partial charge on any atom is 0.254 e. The van der Waals surface area contributed by atoms with Crippen LogP contribution in [0.25, 0.3) is 0 Å². The first kappa shape index (κ1) is 14.0. The molecule has 0 fully saturated rings. The molecule has 0 amide bonds. The van der Waals surface area contributed by atoms with Gasteiger partial charge in [0, 0.05) is 11.8 Å². The van der Waals surface area contributed by atoms with Crippen molar-refractivity contribution in [2.45, 2.75) is 27.3 Å². The molecule has 1 N–H and O–H groups in total. The summed E-state index contributed by atoms with van der Waals surface area (Å²) in [5.41, 5.74) is 1.65. The number of pyridine rings is 1. The minimum atomic E-state index is -0.179. The Hall–Kier alpha value is -2.03. The van der Waals surface area contributed by atoms with Crippen LogP contribution < -0.4 is 5.56 Å². The fourth-order valence-electron chi connectivity index (χ4n) is 1.68. The number of nitrogens with zero attached hydrogens (tertiary/aromatic N) is 1. The first-order valence-corrected chi connectivity index (χ1v) is 6.11. The molecule has 0 unspecified atom stereocenters. The molecule has 0 radical (unpaired) electrons. The van der Waals surface area contributed by atoms with Gasteiger partial charge in [0.2, 0.25) is 0 Å². The average molecular weight is 245 g/mol. The molecule has 0 aliphatic heterocycles. The number of aromatic hydroxyl groups is 1. The summed E-state index contributed by atoms with van der Waals surface area (Å²) in [7, 11) is 0. The molecule has 0 atom stereocenters. The Morgan fingerprint density at radius 2 is 1.72 bits per heavy atom. The van der Waals surface area contributed by atoms with Crippen molar-refractivity contribution in [2.75, 3.05) is 0 Å². The third-order valence-electron chi connectivity index (χ3n) is 2.50. The lowest BCUT2D eigenvalue weighted by molar-refractivity contribution is 0.470. The van der Waals surface area contributed by atoms with E-state index < -0.39 is 0 Å². The molecule has 0 saturated carbocycles. The van der Waals surface area contributed by atoms with E-state index in [0.717, 1.165) is 11.3 Å². The lowest BCUT2D eigenvalue weighted by Gasteiger charge is -2.09. The highest BCUT2D eigenvalue weighted by Gasteiger charge is 2.03. The summed E-state index contributed by atoms with van der Waals surface area (Å²) < 4.78 is 1.63. The van der Waals surface area contributed by atoms with Gasteiger partial charge in [0.25, 0.3) is 5.56 Å². The van der Waals surface area contributed by atoms with E-state index in [-0.39, 0.29) is 11.3 Å². The second kappa shape index (κ2) is 6.64. The van der Waals surface area contributed by atoms with Gasteiger partial charge >= 0.3 is 0 Å². The van der Waals surface area contributed by atoms with Crippen LogP contribution in [0.2, 0.25) is 0 Å². The quantitative estimate of drug-likeness (QED) is 0.884. The van der Waals surface area contributed by atoms with Crippen molar-refractivity contribution in [2.24, 2.45) is 0 Å². The van der Waals surface area contributed by atoms with E-state index in [2.05, 4.69) is 0 Å². The zero-order chi connectivity index (χ0) is 13.5. The predicted molar refractivity (Wildman–Crippen MR) is 74.0 cm³/mol. The lowest BCUT2D eigenvalue weighted by Crippen LogP contribution is -2.21. The van der Waals surface area contributed by atoms with Crippen molar-refractivity contribution in [1.82, 2.24) is 4.57 Å². The molecule has 0 bridgehead atoms. The monoisotopic (exact) mass is 245 g/mol. The molecule has 18 heavy (non-hydrogen) atoms. The van der Waals surface area contributed by atoms with Crippen molar-refractivity contribution in [3.8, 4) is 5.75 Å². The third-order valence-corrected chi connectivity index (χ3v) is 2.50. The Morgan fingerprint density at radius 1 is 1.11 bits per heavy atom. The molecule has 1 heterocycles. The normalized spacial score (nSPS) is 9.50. The zero-order valence-electron chi connectivity index (χ0n) is 11.1. The van der Waals surface area contributed by atoms with Crippen LogP contribution in [0.4, 0.5) is 0 Å². The summed E-state index contributed by atoms with van der Waals surface area (Å²) in [6, 6.07) is 12.6. The Kier molecular flexibility index (Phi) is 5.18. The molecule has 3 heteroatoms. The Labute approximate surface area is 107 Å². The summed E-state index contributed by atoms with van der Waals surface area (Å²) in [6.45, 7) is 6.34. The number of aryl methyl sites for hydroxylation is 1. The second-order valence-corrected chi connectivity index (χ2v) is 3.76. The van der Waals surface area contributed by atoms with E-state index in [1.807, 2.05) is 51.1 Å². The van der Waals surface area contributed by atoms with E-state index >= 15 is 0 Å². The van der Waals surface area contributed by atoms with Gasteiger partial charge in [-0.25, -0.2) is 0 Å². The first-order chi connectivity index (χ1) is 8.66. The summed E-state index contributed by atoms with van der Waals surface area (Å²) in [5, 5.41) is 9.27. The van der Waals surface area contributed by atoms with Gasteiger partial charge in [0.15, 0.2) is 0 Å². The van der Waals surface area contributed by atoms with Crippen LogP contribution in [0.5, 0.6) is 5.75 Å². The highest BCUT2D eigenvalue weighted by molar-refractivity contribution is 5.23. The molecule has 2 rings (SSSR count). The van der Waals surface area contributed by atoms with E-state index in [1.165, 1.54) is 6.07 Å². The summed E-state index contributed by atoms with van der Waals surface area (Å²) in [5.74, 6) is 0.0202. The van der Waals surface area contributed by atoms with Crippen LogP contribution in [0.3, 0.4) is 0 Å². The van der Waals surface area contributed by atoms with Gasteiger partial charge in [-0.05, 0) is 18.6 Å². The number of hydrogen-bond donors (Lipinski definition) is 1. The molecule has 0 aliphatic carbocycles. The minimum absolute atomic E-state index is 0.0202. The van der Waals surface area contributed by atoms with Gasteiger partial charge in [0.05, 0.1) is 6.54 Å². The molecule has 1 aromatic carbocycles. The van der Waals surface area contributed by atoms with Gasteiger partial charge in [0.1, 0.15) is 5.75 Å². The van der Waals surface area contributed by atoms with Gasteiger partial charge in [-0.3, -0.25) is 4.79 Å². The molecular formula is C15H19NO2. The standard InChI is InChI=1S/C13H13NO2.C2H6/c1-10-7-12(15)8-13(16)14(10)9-11-5-3-2-4-6-11;1-2/h2-8,15H,9H2,1H3;1-2H3. The van der Waals surface area contributed by atoms with Crippen LogP contribution in [-0.2, 0) is 6.54 Å². The first-order valence-electron chi connectivity index (χ1n) is 6.11. The van der Waals surface area contributed by atoms with Crippen molar-refractivity contribution in [3.05, 3.63) is 64.1 Å². The van der Waals surface area contributed by atoms with Crippen molar-refractivity contribution in [3.63, 3.8) is 0 Å². The largest absolute Gasteiger partial charge is 0.508 e. The highest BCUT2D eigenvalue weighted by atomic mass is 16.3. The van der Waals surface area contributed by atoms with Gasteiger partial charge in [-0.15, -0.1) is 0 Å². The van der Waals surface area contributed by atoms with E-state index in [4.69, 9.17) is 0 Å². The number of benzene rings is 1. The molecular weight excluding hydrogens is 226 g/mol. The van der Waals surface area contributed by atoms with E-state index in [9.17, 15) is 9.90 Å². The maximum atomic E-state index is 11.7. The summed E-state index contributed by atoms with van der Waals surface area (Å²) >= 11 is 0. The molecule has 96 valence electrons. The maximum absolute atomic E-state index is 11.7. The van der Waals surface area contributed by atoms with Gasteiger partial charge < -0.3 is 9.67 Å². The topological polar surface area (TPSA) is 42.2 Å². The minimum Gasteiger partial charge on any atom is -0.508 e. The number of hydrogen-bond acceptors (Lipinski definition) is 2. The van der Waals surface area contributed by atoms with Gasteiger partial charge in [-0.1, -0.05) is 44.2 Å². The SMILES string of the molecule is CC.Cc1cc(O)cc(=O)n1Cc1ccccc1. The lowest BCUT2D eigenvalue weighted by atomic mass is 10.2. The zero-order valence-corrected chi connectivity index (χ0v) is 11.1. The molecule has 3 nitrogen and oxygen atoms in total. The van der Waals surface area contributed by atoms with Crippen molar-refractivity contribution in [1.29, 1.82) is 0 Å². The fraction of sp³-hybridized carbons (Fsp3) is 0.267. The average Bonchev–Trinajstić information content (AvgIpc) is 2.37. The van der Waals surface area contributed by atoms with E-state index in [1.54, 1.807) is 10.6 Å².